The Hall–Kier alpha value is -3.10. The Morgan fingerprint density at radius 2 is 1.48 bits per heavy atom. The lowest BCUT2D eigenvalue weighted by Gasteiger charge is -2.16. The van der Waals surface area contributed by atoms with Gasteiger partial charge in [0.05, 0.1) is 0 Å². The van der Waals surface area contributed by atoms with Gasteiger partial charge in [-0.15, -0.1) is 0 Å². The van der Waals surface area contributed by atoms with Gasteiger partial charge in [-0.05, 0) is 47.4 Å². The smallest absolute Gasteiger partial charge is 0.124 e. The Bertz CT molecular complexity index is 1100. The summed E-state index contributed by atoms with van der Waals surface area (Å²) < 4.78 is 6.29. The minimum atomic E-state index is 0.579. The third-order valence-electron chi connectivity index (χ3n) is 5.39. The Morgan fingerprint density at radius 3 is 2.31 bits per heavy atom. The summed E-state index contributed by atoms with van der Waals surface area (Å²) in [6, 6.07) is 29.8. The van der Waals surface area contributed by atoms with Crippen LogP contribution in [0.5, 0.6) is 5.75 Å². The van der Waals surface area contributed by atoms with Crippen LogP contribution in [0.25, 0.3) is 10.8 Å². The van der Waals surface area contributed by atoms with Crippen molar-refractivity contribution in [3.8, 4) is 5.75 Å². The van der Waals surface area contributed by atoms with Gasteiger partial charge in [0.2, 0.25) is 0 Å². The summed E-state index contributed by atoms with van der Waals surface area (Å²) in [5, 5.41) is 6.08. The summed E-state index contributed by atoms with van der Waals surface area (Å²) in [6.45, 7) is 6.42. The van der Waals surface area contributed by atoms with Gasteiger partial charge in [-0.3, -0.25) is 0 Å². The minimum Gasteiger partial charge on any atom is -0.489 e. The average molecular weight is 382 g/mol. The van der Waals surface area contributed by atoms with Gasteiger partial charge in [0.1, 0.15) is 12.4 Å². The van der Waals surface area contributed by atoms with Crippen LogP contribution in [0.1, 0.15) is 27.8 Å². The molecule has 0 radical (unpaired) electrons. The summed E-state index contributed by atoms with van der Waals surface area (Å²) in [7, 11) is 0. The molecule has 0 saturated carbocycles. The largest absolute Gasteiger partial charge is 0.489 e. The maximum absolute atomic E-state index is 6.29. The Labute approximate surface area is 173 Å². The van der Waals surface area contributed by atoms with Crippen molar-refractivity contribution in [3.05, 3.63) is 113 Å². The first-order valence-corrected chi connectivity index (χ1v) is 10.1. The van der Waals surface area contributed by atoms with Crippen molar-refractivity contribution in [3.63, 3.8) is 0 Å². The van der Waals surface area contributed by atoms with E-state index in [0.29, 0.717) is 6.61 Å². The van der Waals surface area contributed by atoms with E-state index in [4.69, 9.17) is 4.74 Å². The van der Waals surface area contributed by atoms with Gasteiger partial charge in [0.15, 0.2) is 0 Å². The number of aryl methyl sites for hydroxylation is 2. The molecule has 0 saturated heterocycles. The topological polar surface area (TPSA) is 21.3 Å². The van der Waals surface area contributed by atoms with E-state index in [1.54, 1.807) is 0 Å². The average Bonchev–Trinajstić information content (AvgIpc) is 2.75. The van der Waals surface area contributed by atoms with Crippen molar-refractivity contribution in [1.82, 2.24) is 5.32 Å². The predicted octanol–water partition coefficient (Wildman–Crippen LogP) is 6.33. The van der Waals surface area contributed by atoms with Crippen LogP contribution in [0, 0.1) is 13.8 Å². The summed E-state index contributed by atoms with van der Waals surface area (Å²) in [5.74, 6) is 0.948. The zero-order valence-electron chi connectivity index (χ0n) is 17.1. The molecule has 29 heavy (non-hydrogen) atoms. The van der Waals surface area contributed by atoms with E-state index in [-0.39, 0.29) is 0 Å². The predicted molar refractivity (Wildman–Crippen MR) is 121 cm³/mol. The fourth-order valence-electron chi connectivity index (χ4n) is 3.60. The van der Waals surface area contributed by atoms with Gasteiger partial charge < -0.3 is 10.1 Å². The third-order valence-corrected chi connectivity index (χ3v) is 5.39. The molecule has 146 valence electrons. The quantitative estimate of drug-likeness (QED) is 0.404. The number of ether oxygens (including phenoxy) is 1. The van der Waals surface area contributed by atoms with Crippen LogP contribution in [0.3, 0.4) is 0 Å². The lowest BCUT2D eigenvalue weighted by atomic mass is 10.0. The maximum atomic E-state index is 6.29. The maximum Gasteiger partial charge on any atom is 0.124 e. The molecule has 0 aliphatic carbocycles. The Kier molecular flexibility index (Phi) is 5.92. The van der Waals surface area contributed by atoms with Crippen LogP contribution in [0.2, 0.25) is 0 Å². The summed E-state index contributed by atoms with van der Waals surface area (Å²) in [4.78, 5) is 0. The van der Waals surface area contributed by atoms with Crippen molar-refractivity contribution in [2.45, 2.75) is 33.5 Å². The van der Waals surface area contributed by atoms with E-state index < -0.39 is 0 Å². The highest BCUT2D eigenvalue weighted by molar-refractivity contribution is 5.87. The van der Waals surface area contributed by atoms with E-state index in [1.165, 1.54) is 38.6 Å². The van der Waals surface area contributed by atoms with Gasteiger partial charge in [-0.2, -0.15) is 0 Å². The monoisotopic (exact) mass is 381 g/mol. The molecular formula is C27H27NO. The van der Waals surface area contributed by atoms with Gasteiger partial charge in [0, 0.05) is 18.7 Å². The van der Waals surface area contributed by atoms with Crippen LogP contribution >= 0.6 is 0 Å². The highest BCUT2D eigenvalue weighted by atomic mass is 16.5. The Balaban J connectivity index is 1.55. The van der Waals surface area contributed by atoms with Crippen molar-refractivity contribution in [2.75, 3.05) is 0 Å². The van der Waals surface area contributed by atoms with E-state index >= 15 is 0 Å². The fraction of sp³-hybridized carbons (Fsp3) is 0.185. The summed E-state index contributed by atoms with van der Waals surface area (Å²) in [6.07, 6.45) is 0. The number of hydrogen-bond acceptors (Lipinski definition) is 2. The van der Waals surface area contributed by atoms with Gasteiger partial charge >= 0.3 is 0 Å². The summed E-state index contributed by atoms with van der Waals surface area (Å²) in [5.41, 5.74) is 6.27. The first-order valence-electron chi connectivity index (χ1n) is 10.1. The number of nitrogens with one attached hydrogen (secondary N) is 1. The normalized spacial score (nSPS) is 11.0. The summed E-state index contributed by atoms with van der Waals surface area (Å²) >= 11 is 0. The van der Waals surface area contributed by atoms with Gasteiger partial charge in [-0.25, -0.2) is 0 Å². The molecule has 0 unspecified atom stereocenters. The molecule has 0 aliphatic heterocycles. The van der Waals surface area contributed by atoms with Crippen LogP contribution in [0.4, 0.5) is 0 Å². The standard InChI is InChI=1S/C27H27NO/c1-20-11-13-22(14-12-20)17-28-18-26-25-10-6-5-8-23(25)15-16-27(26)29-19-24-9-4-3-7-21(24)2/h3-16,28H,17-19H2,1-2H3. The fourth-order valence-corrected chi connectivity index (χ4v) is 3.60. The van der Waals surface area contributed by atoms with Crippen LogP contribution in [0.15, 0.2) is 84.9 Å². The SMILES string of the molecule is Cc1ccc(CNCc2c(OCc3ccccc3C)ccc3ccccc23)cc1. The molecule has 1 N–H and O–H groups in total. The first-order chi connectivity index (χ1) is 14.2. The van der Waals surface area contributed by atoms with Crippen molar-refractivity contribution >= 4 is 10.8 Å². The second-order valence-corrected chi connectivity index (χ2v) is 7.57. The lowest BCUT2D eigenvalue weighted by Crippen LogP contribution is -2.14. The molecule has 0 aromatic heterocycles. The number of rotatable bonds is 7. The van der Waals surface area contributed by atoms with Crippen molar-refractivity contribution in [2.24, 2.45) is 0 Å². The Morgan fingerprint density at radius 1 is 0.724 bits per heavy atom. The molecule has 0 aliphatic rings. The van der Waals surface area contributed by atoms with Crippen LogP contribution < -0.4 is 10.1 Å². The zero-order valence-corrected chi connectivity index (χ0v) is 17.1. The second-order valence-electron chi connectivity index (χ2n) is 7.57. The molecule has 0 fully saturated rings. The molecule has 0 spiro atoms. The molecule has 0 heterocycles. The highest BCUT2D eigenvalue weighted by Gasteiger charge is 2.10. The molecule has 4 aromatic rings. The van der Waals surface area contributed by atoms with Crippen LogP contribution in [-0.2, 0) is 19.7 Å². The van der Waals surface area contributed by atoms with Crippen LogP contribution in [-0.4, -0.2) is 0 Å². The second kappa shape index (κ2) is 8.93. The highest BCUT2D eigenvalue weighted by Crippen LogP contribution is 2.29. The molecule has 0 bridgehead atoms. The number of fused-ring (bicyclic) bond motifs is 1. The number of hydrogen-bond donors (Lipinski definition) is 1. The molecule has 0 amide bonds. The molecular weight excluding hydrogens is 354 g/mol. The molecule has 4 rings (SSSR count). The van der Waals surface area contributed by atoms with E-state index in [1.807, 2.05) is 0 Å². The van der Waals surface area contributed by atoms with Gasteiger partial charge in [0.25, 0.3) is 0 Å². The van der Waals surface area contributed by atoms with Crippen molar-refractivity contribution in [1.29, 1.82) is 0 Å². The van der Waals surface area contributed by atoms with Gasteiger partial charge in [-0.1, -0.05) is 84.4 Å². The molecule has 4 aromatic carbocycles. The zero-order chi connectivity index (χ0) is 20.1. The number of benzene rings is 4. The van der Waals surface area contributed by atoms with E-state index in [9.17, 15) is 0 Å². The molecule has 2 heteroatoms. The lowest BCUT2D eigenvalue weighted by molar-refractivity contribution is 0.302. The third kappa shape index (κ3) is 4.67. The van der Waals surface area contributed by atoms with Crippen molar-refractivity contribution < 1.29 is 4.74 Å². The van der Waals surface area contributed by atoms with E-state index in [2.05, 4.69) is 104 Å². The van der Waals surface area contributed by atoms with E-state index in [0.717, 1.165) is 18.8 Å². The molecule has 2 nitrogen and oxygen atoms in total. The first kappa shape index (κ1) is 19.2. The molecule has 0 atom stereocenters. The minimum absolute atomic E-state index is 0.579.